The molecule has 0 aliphatic carbocycles. The van der Waals surface area contributed by atoms with Gasteiger partial charge in [-0.25, -0.2) is 0 Å². The van der Waals surface area contributed by atoms with Crippen molar-refractivity contribution < 1.29 is 23.5 Å². The van der Waals surface area contributed by atoms with Crippen LogP contribution in [0.5, 0.6) is 17.2 Å². The average Bonchev–Trinajstić information content (AvgIpc) is 3.30. The molecule has 1 N–H and O–H groups in total. The lowest BCUT2D eigenvalue weighted by Gasteiger charge is -2.08. The summed E-state index contributed by atoms with van der Waals surface area (Å²) in [6.45, 7) is 1.99. The van der Waals surface area contributed by atoms with Gasteiger partial charge in [-0.2, -0.15) is 4.98 Å². The molecule has 0 spiro atoms. The van der Waals surface area contributed by atoms with Gasteiger partial charge in [0.05, 0.1) is 5.02 Å². The smallest absolute Gasteiger partial charge is 0.264 e. The molecule has 0 saturated carbocycles. The van der Waals surface area contributed by atoms with Gasteiger partial charge in [0.2, 0.25) is 6.79 Å². The summed E-state index contributed by atoms with van der Waals surface area (Å²) in [6, 6.07) is 10.0. The molecule has 1 aromatic heterocycles. The maximum Gasteiger partial charge on any atom is 0.264 e. The number of amides is 1. The van der Waals surface area contributed by atoms with Crippen LogP contribution in [0.25, 0.3) is 0 Å². The molecular formula is C18H14ClN3O5. The predicted molar refractivity (Wildman–Crippen MR) is 95.3 cm³/mol. The summed E-state index contributed by atoms with van der Waals surface area (Å²) in [5.41, 5.74) is 0.978. The summed E-state index contributed by atoms with van der Waals surface area (Å²) in [5.74, 6) is 2.14. The monoisotopic (exact) mass is 387 g/mol. The molecule has 3 aromatic rings. The van der Waals surface area contributed by atoms with E-state index in [-0.39, 0.29) is 19.3 Å². The van der Waals surface area contributed by atoms with Crippen LogP contribution in [-0.2, 0) is 6.61 Å². The SMILES string of the molecule is Cc1noc(COc2ccc(NC(=O)c3cc(Cl)c4c(c3)OCO4)cc2)n1. The standard InChI is InChI=1S/C18H14ClN3O5/c1-10-20-16(27-22-10)8-24-13-4-2-12(3-5-13)21-18(23)11-6-14(19)17-15(7-11)25-9-26-17/h2-7H,8-9H2,1H3,(H,21,23). The molecule has 27 heavy (non-hydrogen) atoms. The highest BCUT2D eigenvalue weighted by Crippen LogP contribution is 2.39. The van der Waals surface area contributed by atoms with Gasteiger partial charge in [-0.15, -0.1) is 0 Å². The molecule has 0 fully saturated rings. The Morgan fingerprint density at radius 2 is 2.07 bits per heavy atom. The normalized spacial score (nSPS) is 12.1. The lowest BCUT2D eigenvalue weighted by atomic mass is 10.2. The molecule has 0 atom stereocenters. The molecule has 1 amide bonds. The van der Waals surface area contributed by atoms with Crippen molar-refractivity contribution in [1.82, 2.24) is 10.1 Å². The minimum atomic E-state index is -0.315. The minimum absolute atomic E-state index is 0.0880. The first-order valence-corrected chi connectivity index (χ1v) is 8.39. The molecule has 2 aromatic carbocycles. The van der Waals surface area contributed by atoms with E-state index in [9.17, 15) is 4.79 Å². The minimum Gasteiger partial charge on any atom is -0.484 e. The molecule has 1 aliphatic rings. The third-order valence-corrected chi connectivity index (χ3v) is 4.01. The summed E-state index contributed by atoms with van der Waals surface area (Å²) in [7, 11) is 0. The maximum absolute atomic E-state index is 12.4. The molecule has 0 saturated heterocycles. The highest BCUT2D eigenvalue weighted by atomic mass is 35.5. The molecule has 1 aliphatic heterocycles. The van der Waals surface area contributed by atoms with E-state index in [2.05, 4.69) is 15.5 Å². The third-order valence-electron chi connectivity index (χ3n) is 3.73. The summed E-state index contributed by atoms with van der Waals surface area (Å²) in [4.78, 5) is 16.5. The number of nitrogens with one attached hydrogen (secondary N) is 1. The van der Waals surface area contributed by atoms with Gasteiger partial charge in [0.15, 0.2) is 23.9 Å². The van der Waals surface area contributed by atoms with E-state index < -0.39 is 0 Å². The molecule has 138 valence electrons. The van der Waals surface area contributed by atoms with Gasteiger partial charge in [0, 0.05) is 11.3 Å². The first-order valence-electron chi connectivity index (χ1n) is 8.01. The van der Waals surface area contributed by atoms with E-state index in [1.807, 2.05) is 0 Å². The van der Waals surface area contributed by atoms with E-state index >= 15 is 0 Å². The Hall–Kier alpha value is -3.26. The first-order chi connectivity index (χ1) is 13.1. The average molecular weight is 388 g/mol. The number of aryl methyl sites for hydroxylation is 1. The summed E-state index contributed by atoms with van der Waals surface area (Å²) < 4.78 is 21.1. The van der Waals surface area contributed by atoms with Crippen LogP contribution in [0.1, 0.15) is 22.1 Å². The Kier molecular flexibility index (Phi) is 4.55. The van der Waals surface area contributed by atoms with Crippen LogP contribution < -0.4 is 19.5 Å². The Balaban J connectivity index is 1.39. The van der Waals surface area contributed by atoms with E-state index in [1.54, 1.807) is 37.3 Å². The molecule has 0 unspecified atom stereocenters. The van der Waals surface area contributed by atoms with Crippen LogP contribution in [0.4, 0.5) is 5.69 Å². The highest BCUT2D eigenvalue weighted by Gasteiger charge is 2.20. The number of halogens is 1. The van der Waals surface area contributed by atoms with Crippen molar-refractivity contribution in [3.05, 3.63) is 58.7 Å². The number of nitrogens with zero attached hydrogens (tertiary/aromatic N) is 2. The second kappa shape index (κ2) is 7.16. The second-order valence-electron chi connectivity index (χ2n) is 5.69. The predicted octanol–water partition coefficient (Wildman–Crippen LogP) is 3.59. The van der Waals surface area contributed by atoms with Crippen molar-refractivity contribution in [3.63, 3.8) is 0 Å². The number of anilines is 1. The number of hydrogen-bond acceptors (Lipinski definition) is 7. The summed E-state index contributed by atoms with van der Waals surface area (Å²) in [5, 5.41) is 6.81. The fourth-order valence-corrected chi connectivity index (χ4v) is 2.75. The number of ether oxygens (including phenoxy) is 3. The number of hydrogen-bond donors (Lipinski definition) is 1. The zero-order valence-electron chi connectivity index (χ0n) is 14.2. The van der Waals surface area contributed by atoms with Gasteiger partial charge in [-0.05, 0) is 43.3 Å². The molecule has 0 radical (unpaired) electrons. The van der Waals surface area contributed by atoms with Gasteiger partial charge in [0.25, 0.3) is 11.8 Å². The van der Waals surface area contributed by atoms with E-state index in [0.717, 1.165) is 0 Å². The first kappa shape index (κ1) is 17.2. The topological polar surface area (TPSA) is 95.7 Å². The molecule has 4 rings (SSSR count). The second-order valence-corrected chi connectivity index (χ2v) is 6.10. The number of carbonyl (C=O) groups excluding carboxylic acids is 1. The largest absolute Gasteiger partial charge is 0.484 e. The lowest BCUT2D eigenvalue weighted by Crippen LogP contribution is -2.11. The molecule has 0 bridgehead atoms. The molecule has 8 nitrogen and oxygen atoms in total. The third kappa shape index (κ3) is 3.80. The van der Waals surface area contributed by atoms with Crippen LogP contribution in [0.2, 0.25) is 5.02 Å². The fourth-order valence-electron chi connectivity index (χ4n) is 2.48. The zero-order valence-corrected chi connectivity index (χ0v) is 14.9. The highest BCUT2D eigenvalue weighted by molar-refractivity contribution is 6.32. The van der Waals surface area contributed by atoms with Crippen LogP contribution in [-0.4, -0.2) is 22.8 Å². The van der Waals surface area contributed by atoms with Gasteiger partial charge in [-0.1, -0.05) is 16.8 Å². The van der Waals surface area contributed by atoms with Crippen LogP contribution in [0.15, 0.2) is 40.9 Å². The summed E-state index contributed by atoms with van der Waals surface area (Å²) >= 11 is 6.11. The number of benzene rings is 2. The number of rotatable bonds is 5. The lowest BCUT2D eigenvalue weighted by molar-refractivity contribution is 0.102. The number of carbonyl (C=O) groups is 1. The van der Waals surface area contributed by atoms with E-state index in [1.165, 1.54) is 6.07 Å². The van der Waals surface area contributed by atoms with Gasteiger partial charge >= 0.3 is 0 Å². The van der Waals surface area contributed by atoms with Gasteiger partial charge in [0.1, 0.15) is 5.75 Å². The molecule has 2 heterocycles. The number of aromatic nitrogens is 2. The van der Waals surface area contributed by atoms with Crippen molar-refractivity contribution in [2.75, 3.05) is 12.1 Å². The van der Waals surface area contributed by atoms with Gasteiger partial charge < -0.3 is 24.1 Å². The van der Waals surface area contributed by atoms with Crippen molar-refractivity contribution in [2.45, 2.75) is 13.5 Å². The van der Waals surface area contributed by atoms with E-state index in [0.29, 0.717) is 45.2 Å². The number of fused-ring (bicyclic) bond motifs is 1. The molecular weight excluding hydrogens is 374 g/mol. The fraction of sp³-hybridized carbons (Fsp3) is 0.167. The molecule has 9 heteroatoms. The van der Waals surface area contributed by atoms with Crippen molar-refractivity contribution in [3.8, 4) is 17.2 Å². The Bertz CT molecular complexity index is 987. The zero-order chi connectivity index (χ0) is 18.8. The van der Waals surface area contributed by atoms with Gasteiger partial charge in [-0.3, -0.25) is 4.79 Å². The quantitative estimate of drug-likeness (QED) is 0.714. The van der Waals surface area contributed by atoms with Crippen LogP contribution in [0, 0.1) is 6.92 Å². The van der Waals surface area contributed by atoms with Crippen molar-refractivity contribution in [1.29, 1.82) is 0 Å². The Labute approximate surface area is 159 Å². The van der Waals surface area contributed by atoms with Crippen molar-refractivity contribution >= 4 is 23.2 Å². The van der Waals surface area contributed by atoms with E-state index in [4.69, 9.17) is 30.3 Å². The Morgan fingerprint density at radius 3 is 2.81 bits per heavy atom. The maximum atomic E-state index is 12.4. The van der Waals surface area contributed by atoms with Crippen LogP contribution >= 0.6 is 11.6 Å². The Morgan fingerprint density at radius 1 is 1.26 bits per heavy atom. The van der Waals surface area contributed by atoms with Crippen molar-refractivity contribution in [2.24, 2.45) is 0 Å². The van der Waals surface area contributed by atoms with Crippen LogP contribution in [0.3, 0.4) is 0 Å². The summed E-state index contributed by atoms with van der Waals surface area (Å²) in [6.07, 6.45) is 0.